The van der Waals surface area contributed by atoms with E-state index >= 15 is 0 Å². The van der Waals surface area contributed by atoms with Crippen LogP contribution in [0.3, 0.4) is 0 Å². The summed E-state index contributed by atoms with van der Waals surface area (Å²) in [6.07, 6.45) is 5.30. The molecular formula is C15H33NO2. The molecule has 0 amide bonds. The van der Waals surface area contributed by atoms with Crippen molar-refractivity contribution < 1.29 is 9.47 Å². The maximum absolute atomic E-state index is 5.83. The zero-order valence-electron chi connectivity index (χ0n) is 12.9. The third kappa shape index (κ3) is 8.90. The first-order valence-corrected chi connectivity index (χ1v) is 7.78. The third-order valence-electron chi connectivity index (χ3n) is 3.05. The van der Waals surface area contributed by atoms with Crippen molar-refractivity contribution in [1.29, 1.82) is 0 Å². The van der Waals surface area contributed by atoms with Crippen molar-refractivity contribution in [3.05, 3.63) is 0 Å². The monoisotopic (exact) mass is 259 g/mol. The van der Waals surface area contributed by atoms with Gasteiger partial charge in [0.2, 0.25) is 0 Å². The van der Waals surface area contributed by atoms with Crippen LogP contribution in [-0.4, -0.2) is 50.5 Å². The lowest BCUT2D eigenvalue weighted by molar-refractivity contribution is -0.00876. The molecule has 0 N–H and O–H groups in total. The molecule has 0 aromatic rings. The van der Waals surface area contributed by atoms with Crippen molar-refractivity contribution in [3.8, 4) is 0 Å². The summed E-state index contributed by atoms with van der Waals surface area (Å²) >= 11 is 0. The van der Waals surface area contributed by atoms with E-state index in [4.69, 9.17) is 9.47 Å². The first kappa shape index (κ1) is 17.9. The Morgan fingerprint density at radius 1 is 1.00 bits per heavy atom. The lowest BCUT2D eigenvalue weighted by atomic mass is 10.2. The van der Waals surface area contributed by atoms with Crippen molar-refractivity contribution in [2.24, 2.45) is 0 Å². The summed E-state index contributed by atoms with van der Waals surface area (Å²) in [5, 5.41) is 0. The van der Waals surface area contributed by atoms with E-state index in [1.54, 1.807) is 0 Å². The van der Waals surface area contributed by atoms with Crippen molar-refractivity contribution in [2.75, 3.05) is 39.5 Å². The molecule has 0 bridgehead atoms. The highest BCUT2D eigenvalue weighted by molar-refractivity contribution is 4.70. The Kier molecular flexibility index (Phi) is 13.2. The molecule has 1 unspecified atom stereocenters. The van der Waals surface area contributed by atoms with Crippen LogP contribution in [-0.2, 0) is 9.47 Å². The lowest BCUT2D eigenvalue weighted by Crippen LogP contribution is -2.32. The molecule has 0 aliphatic carbocycles. The van der Waals surface area contributed by atoms with E-state index in [0.29, 0.717) is 6.10 Å². The van der Waals surface area contributed by atoms with E-state index in [-0.39, 0.29) is 0 Å². The van der Waals surface area contributed by atoms with Gasteiger partial charge in [0.1, 0.15) is 0 Å². The number of likely N-dealkylation sites (tertiary alicyclic amines) is 1. The molecule has 1 aliphatic rings. The van der Waals surface area contributed by atoms with Gasteiger partial charge >= 0.3 is 0 Å². The van der Waals surface area contributed by atoms with E-state index < -0.39 is 0 Å². The van der Waals surface area contributed by atoms with E-state index in [1.807, 2.05) is 13.8 Å². The van der Waals surface area contributed by atoms with Gasteiger partial charge in [-0.15, -0.1) is 0 Å². The predicted molar refractivity (Wildman–Crippen MR) is 78.2 cm³/mol. The number of ether oxygens (including phenoxy) is 2. The molecule has 3 nitrogen and oxygen atoms in total. The second-order valence-electron chi connectivity index (χ2n) is 4.52. The quantitative estimate of drug-likeness (QED) is 0.593. The molecule has 1 rings (SSSR count). The van der Waals surface area contributed by atoms with Crippen LogP contribution in [0.25, 0.3) is 0 Å². The zero-order chi connectivity index (χ0) is 13.6. The van der Waals surface area contributed by atoms with Gasteiger partial charge in [-0.1, -0.05) is 27.7 Å². The summed E-state index contributed by atoms with van der Waals surface area (Å²) in [6.45, 7) is 14.3. The first-order chi connectivity index (χ1) is 8.86. The van der Waals surface area contributed by atoms with Gasteiger partial charge < -0.3 is 14.4 Å². The first-order valence-electron chi connectivity index (χ1n) is 7.78. The number of nitrogens with zero attached hydrogens (tertiary/aromatic N) is 1. The van der Waals surface area contributed by atoms with Crippen LogP contribution in [0.2, 0.25) is 0 Å². The largest absolute Gasteiger partial charge is 0.379 e. The molecular weight excluding hydrogens is 226 g/mol. The third-order valence-corrected chi connectivity index (χ3v) is 3.05. The van der Waals surface area contributed by atoms with Crippen LogP contribution in [0.15, 0.2) is 0 Å². The molecule has 1 fully saturated rings. The Balaban J connectivity index is 0.00000137. The summed E-state index contributed by atoms with van der Waals surface area (Å²) in [5.41, 5.74) is 0. The van der Waals surface area contributed by atoms with Crippen LogP contribution < -0.4 is 0 Å². The Labute approximate surface area is 114 Å². The lowest BCUT2D eigenvalue weighted by Gasteiger charge is -2.22. The maximum Gasteiger partial charge on any atom is 0.0704 e. The maximum atomic E-state index is 5.83. The molecule has 0 spiro atoms. The minimum Gasteiger partial charge on any atom is -0.379 e. The SMILES string of the molecule is CC.CCCOCCOC(CC)CN1CCCC1. The fourth-order valence-electron chi connectivity index (χ4n) is 2.07. The average Bonchev–Trinajstić information content (AvgIpc) is 2.92. The summed E-state index contributed by atoms with van der Waals surface area (Å²) in [5.74, 6) is 0. The van der Waals surface area contributed by atoms with Gasteiger partial charge in [-0.05, 0) is 38.8 Å². The minimum atomic E-state index is 0.392. The minimum absolute atomic E-state index is 0.392. The molecule has 1 saturated heterocycles. The standard InChI is InChI=1S/C13H27NO2.C2H6/c1-3-9-15-10-11-16-13(4-2)12-14-7-5-6-8-14;1-2/h13H,3-12H2,1-2H3;1-2H3. The predicted octanol–water partition coefficient (Wildman–Crippen LogP) is 3.33. The van der Waals surface area contributed by atoms with Crippen molar-refractivity contribution in [1.82, 2.24) is 4.90 Å². The van der Waals surface area contributed by atoms with Gasteiger partial charge in [-0.25, -0.2) is 0 Å². The van der Waals surface area contributed by atoms with E-state index in [2.05, 4.69) is 18.7 Å². The topological polar surface area (TPSA) is 21.7 Å². The van der Waals surface area contributed by atoms with Crippen LogP contribution in [0.4, 0.5) is 0 Å². The Hall–Kier alpha value is -0.120. The highest BCUT2D eigenvalue weighted by Crippen LogP contribution is 2.10. The van der Waals surface area contributed by atoms with Gasteiger partial charge in [-0.3, -0.25) is 0 Å². The Morgan fingerprint density at radius 3 is 2.22 bits per heavy atom. The van der Waals surface area contributed by atoms with Crippen LogP contribution in [0.1, 0.15) is 53.4 Å². The fraction of sp³-hybridized carbons (Fsp3) is 1.00. The van der Waals surface area contributed by atoms with Crippen molar-refractivity contribution >= 4 is 0 Å². The summed E-state index contributed by atoms with van der Waals surface area (Å²) in [4.78, 5) is 2.51. The van der Waals surface area contributed by atoms with Gasteiger partial charge in [0, 0.05) is 13.2 Å². The second-order valence-corrected chi connectivity index (χ2v) is 4.52. The molecule has 0 radical (unpaired) electrons. The molecule has 0 saturated carbocycles. The zero-order valence-corrected chi connectivity index (χ0v) is 12.9. The smallest absolute Gasteiger partial charge is 0.0704 e. The number of hydrogen-bond acceptors (Lipinski definition) is 3. The Morgan fingerprint density at radius 2 is 1.67 bits per heavy atom. The number of rotatable bonds is 9. The molecule has 1 atom stereocenters. The molecule has 3 heteroatoms. The summed E-state index contributed by atoms with van der Waals surface area (Å²) in [7, 11) is 0. The summed E-state index contributed by atoms with van der Waals surface area (Å²) < 4.78 is 11.2. The van der Waals surface area contributed by atoms with Crippen LogP contribution in [0.5, 0.6) is 0 Å². The van der Waals surface area contributed by atoms with Crippen molar-refractivity contribution in [2.45, 2.75) is 59.5 Å². The van der Waals surface area contributed by atoms with Crippen LogP contribution >= 0.6 is 0 Å². The second kappa shape index (κ2) is 13.3. The molecule has 0 aromatic heterocycles. The average molecular weight is 259 g/mol. The molecule has 18 heavy (non-hydrogen) atoms. The Bertz CT molecular complexity index is 159. The highest BCUT2D eigenvalue weighted by atomic mass is 16.5. The van der Waals surface area contributed by atoms with Crippen molar-refractivity contribution in [3.63, 3.8) is 0 Å². The highest BCUT2D eigenvalue weighted by Gasteiger charge is 2.16. The van der Waals surface area contributed by atoms with Gasteiger partial charge in [-0.2, -0.15) is 0 Å². The van der Waals surface area contributed by atoms with E-state index in [9.17, 15) is 0 Å². The normalized spacial score (nSPS) is 17.3. The molecule has 0 aromatic carbocycles. The van der Waals surface area contributed by atoms with Gasteiger partial charge in [0.15, 0.2) is 0 Å². The van der Waals surface area contributed by atoms with Crippen LogP contribution in [0, 0.1) is 0 Å². The summed E-state index contributed by atoms with van der Waals surface area (Å²) in [6, 6.07) is 0. The van der Waals surface area contributed by atoms with E-state index in [0.717, 1.165) is 39.2 Å². The number of hydrogen-bond donors (Lipinski definition) is 0. The van der Waals surface area contributed by atoms with Gasteiger partial charge in [0.25, 0.3) is 0 Å². The van der Waals surface area contributed by atoms with Gasteiger partial charge in [0.05, 0.1) is 19.3 Å². The van der Waals surface area contributed by atoms with E-state index in [1.165, 1.54) is 25.9 Å². The molecule has 1 aliphatic heterocycles. The fourth-order valence-corrected chi connectivity index (χ4v) is 2.07. The molecule has 110 valence electrons. The molecule has 1 heterocycles.